The fourth-order valence-corrected chi connectivity index (χ4v) is 2.97. The number of hydrogen-bond donors (Lipinski definition) is 2. The molecule has 0 saturated carbocycles. The molecule has 136 valence electrons. The first-order valence-electron chi connectivity index (χ1n) is 8.41. The summed E-state index contributed by atoms with van der Waals surface area (Å²) in [6.07, 6.45) is 1.34. The van der Waals surface area contributed by atoms with Crippen molar-refractivity contribution in [2.24, 2.45) is 0 Å². The second-order valence-corrected chi connectivity index (χ2v) is 6.85. The monoisotopic (exact) mass is 371 g/mol. The first kappa shape index (κ1) is 18.4. The quantitative estimate of drug-likeness (QED) is 0.709. The number of benzene rings is 1. The Kier molecular flexibility index (Phi) is 5.25. The molecule has 2 aromatic heterocycles. The highest BCUT2D eigenvalue weighted by Gasteiger charge is 2.12. The second kappa shape index (κ2) is 7.43. The number of nitrogens with one attached hydrogen (secondary N) is 1. The first-order chi connectivity index (χ1) is 12.3. The van der Waals surface area contributed by atoms with Crippen molar-refractivity contribution in [1.29, 1.82) is 0 Å². The number of aryl methyl sites for hydroxylation is 1. The molecule has 0 amide bonds. The minimum atomic E-state index is -0.425. The van der Waals surface area contributed by atoms with Crippen LogP contribution in [0.5, 0.6) is 0 Å². The molecular formula is C19H22ClN5O. The highest BCUT2D eigenvalue weighted by atomic mass is 35.5. The van der Waals surface area contributed by atoms with E-state index in [2.05, 4.69) is 20.3 Å². The van der Waals surface area contributed by atoms with Crippen molar-refractivity contribution in [1.82, 2.24) is 15.0 Å². The molecule has 3 aromatic rings. The van der Waals surface area contributed by atoms with Crippen molar-refractivity contribution in [3.8, 4) is 0 Å². The molecule has 6 nitrogen and oxygen atoms in total. The lowest BCUT2D eigenvalue weighted by Gasteiger charge is -2.21. The molecular weight excluding hydrogens is 350 g/mol. The van der Waals surface area contributed by atoms with Crippen LogP contribution in [0.2, 0.25) is 5.02 Å². The van der Waals surface area contributed by atoms with Gasteiger partial charge in [-0.2, -0.15) is 0 Å². The number of pyridine rings is 1. The van der Waals surface area contributed by atoms with Gasteiger partial charge in [-0.15, -0.1) is 0 Å². The number of halogens is 1. The molecule has 1 atom stereocenters. The lowest BCUT2D eigenvalue weighted by molar-refractivity contribution is 0.201. The first-order valence-corrected chi connectivity index (χ1v) is 8.78. The van der Waals surface area contributed by atoms with Crippen molar-refractivity contribution < 1.29 is 5.11 Å². The Bertz CT molecular complexity index is 945. The van der Waals surface area contributed by atoms with E-state index in [1.807, 2.05) is 50.1 Å². The van der Waals surface area contributed by atoms with Gasteiger partial charge in [0.15, 0.2) is 5.82 Å². The fraction of sp³-hybridized carbons (Fsp3) is 0.316. The number of fused-ring (bicyclic) bond motifs is 1. The molecule has 0 bridgehead atoms. The Morgan fingerprint density at radius 1 is 1.27 bits per heavy atom. The van der Waals surface area contributed by atoms with E-state index in [0.29, 0.717) is 28.7 Å². The normalized spacial score (nSPS) is 12.2. The molecule has 0 fully saturated rings. The Morgan fingerprint density at radius 2 is 2.04 bits per heavy atom. The second-order valence-electron chi connectivity index (χ2n) is 6.45. The predicted octanol–water partition coefficient (Wildman–Crippen LogP) is 3.86. The minimum absolute atomic E-state index is 0.425. The van der Waals surface area contributed by atoms with Crippen LogP contribution >= 0.6 is 11.6 Å². The molecule has 2 heterocycles. The standard InChI is InChI=1S/C19H22ClN5O/c1-11(26)10-25(4)14-8-17-18(21-9-14)19(23-13(3)22-17)24-16-7-5-6-15(20)12(16)2/h5-9,11,26H,10H2,1-4H3,(H,22,23,24)/t11-/m0/s1. The minimum Gasteiger partial charge on any atom is -0.392 e. The van der Waals surface area contributed by atoms with Crippen molar-refractivity contribution in [2.45, 2.75) is 26.9 Å². The largest absolute Gasteiger partial charge is 0.392 e. The molecule has 0 aliphatic rings. The Balaban J connectivity index is 2.02. The zero-order valence-electron chi connectivity index (χ0n) is 15.3. The summed E-state index contributed by atoms with van der Waals surface area (Å²) in [5.74, 6) is 1.29. The smallest absolute Gasteiger partial charge is 0.160 e. The van der Waals surface area contributed by atoms with Crippen LogP contribution in [0.4, 0.5) is 17.2 Å². The van der Waals surface area contributed by atoms with Gasteiger partial charge in [0, 0.05) is 24.3 Å². The van der Waals surface area contributed by atoms with Crippen LogP contribution in [0, 0.1) is 13.8 Å². The van der Waals surface area contributed by atoms with Gasteiger partial charge < -0.3 is 15.3 Å². The Hall–Kier alpha value is -2.44. The van der Waals surface area contributed by atoms with Gasteiger partial charge in [0.25, 0.3) is 0 Å². The van der Waals surface area contributed by atoms with E-state index in [-0.39, 0.29) is 0 Å². The van der Waals surface area contributed by atoms with Crippen LogP contribution < -0.4 is 10.2 Å². The summed E-state index contributed by atoms with van der Waals surface area (Å²) in [4.78, 5) is 15.5. The predicted molar refractivity (Wildman–Crippen MR) is 106 cm³/mol. The van der Waals surface area contributed by atoms with Crippen LogP contribution in [0.1, 0.15) is 18.3 Å². The van der Waals surface area contributed by atoms with Gasteiger partial charge in [0.2, 0.25) is 0 Å². The number of aromatic nitrogens is 3. The maximum atomic E-state index is 9.59. The molecule has 0 aliphatic carbocycles. The third-order valence-electron chi connectivity index (χ3n) is 4.13. The summed E-state index contributed by atoms with van der Waals surface area (Å²) in [7, 11) is 1.91. The molecule has 0 spiro atoms. The fourth-order valence-electron chi connectivity index (χ4n) is 2.79. The third-order valence-corrected chi connectivity index (χ3v) is 4.54. The zero-order chi connectivity index (χ0) is 18.8. The average Bonchev–Trinajstić information content (AvgIpc) is 2.57. The molecule has 2 N–H and O–H groups in total. The summed E-state index contributed by atoms with van der Waals surface area (Å²) in [5, 5.41) is 13.6. The highest BCUT2D eigenvalue weighted by molar-refractivity contribution is 6.31. The number of likely N-dealkylation sites (N-methyl/N-ethyl adjacent to an activating group) is 1. The third kappa shape index (κ3) is 3.86. The van der Waals surface area contributed by atoms with Crippen LogP contribution in [-0.2, 0) is 0 Å². The van der Waals surface area contributed by atoms with Crippen molar-refractivity contribution in [3.63, 3.8) is 0 Å². The number of hydrogen-bond acceptors (Lipinski definition) is 6. The average molecular weight is 372 g/mol. The van der Waals surface area contributed by atoms with E-state index in [0.717, 1.165) is 22.5 Å². The van der Waals surface area contributed by atoms with E-state index in [1.54, 1.807) is 13.1 Å². The van der Waals surface area contributed by atoms with Crippen LogP contribution in [-0.4, -0.2) is 39.8 Å². The number of rotatable bonds is 5. The summed E-state index contributed by atoms with van der Waals surface area (Å²) < 4.78 is 0. The summed E-state index contributed by atoms with van der Waals surface area (Å²) >= 11 is 6.21. The lowest BCUT2D eigenvalue weighted by atomic mass is 10.2. The van der Waals surface area contributed by atoms with Crippen LogP contribution in [0.15, 0.2) is 30.5 Å². The van der Waals surface area contributed by atoms with E-state index in [1.165, 1.54) is 0 Å². The number of aliphatic hydroxyl groups is 1. The van der Waals surface area contributed by atoms with Gasteiger partial charge in [-0.05, 0) is 44.5 Å². The molecule has 0 radical (unpaired) electrons. The Labute approximate surface area is 157 Å². The maximum Gasteiger partial charge on any atom is 0.160 e. The van der Waals surface area contributed by atoms with Crippen molar-refractivity contribution in [2.75, 3.05) is 23.8 Å². The maximum absolute atomic E-state index is 9.59. The molecule has 0 unspecified atom stereocenters. The summed E-state index contributed by atoms with van der Waals surface area (Å²) in [6, 6.07) is 7.66. The lowest BCUT2D eigenvalue weighted by Crippen LogP contribution is -2.26. The van der Waals surface area contributed by atoms with Gasteiger partial charge in [0.1, 0.15) is 11.3 Å². The topological polar surface area (TPSA) is 74.2 Å². The number of aliphatic hydroxyl groups excluding tert-OH is 1. The Morgan fingerprint density at radius 3 is 2.77 bits per heavy atom. The van der Waals surface area contributed by atoms with Gasteiger partial charge >= 0.3 is 0 Å². The van der Waals surface area contributed by atoms with Crippen molar-refractivity contribution >= 4 is 39.8 Å². The molecule has 0 saturated heterocycles. The van der Waals surface area contributed by atoms with E-state index >= 15 is 0 Å². The van der Waals surface area contributed by atoms with Gasteiger partial charge in [0.05, 0.1) is 23.5 Å². The highest BCUT2D eigenvalue weighted by Crippen LogP contribution is 2.29. The van der Waals surface area contributed by atoms with Gasteiger partial charge in [-0.3, -0.25) is 0 Å². The van der Waals surface area contributed by atoms with Crippen LogP contribution in [0.25, 0.3) is 11.0 Å². The molecule has 26 heavy (non-hydrogen) atoms. The SMILES string of the molecule is Cc1nc(Nc2cccc(Cl)c2C)c2ncc(N(C)C[C@H](C)O)cc2n1. The number of nitrogens with zero attached hydrogens (tertiary/aromatic N) is 4. The molecule has 7 heteroatoms. The molecule has 0 aliphatic heterocycles. The molecule has 3 rings (SSSR count). The summed E-state index contributed by atoms with van der Waals surface area (Å²) in [5.41, 5.74) is 4.15. The van der Waals surface area contributed by atoms with Gasteiger partial charge in [-0.1, -0.05) is 17.7 Å². The van der Waals surface area contributed by atoms with E-state index in [9.17, 15) is 5.11 Å². The summed E-state index contributed by atoms with van der Waals surface area (Å²) in [6.45, 7) is 6.08. The molecule has 1 aromatic carbocycles. The van der Waals surface area contributed by atoms with Crippen molar-refractivity contribution in [3.05, 3.63) is 46.9 Å². The van der Waals surface area contributed by atoms with Crippen LogP contribution in [0.3, 0.4) is 0 Å². The number of anilines is 3. The van der Waals surface area contributed by atoms with Gasteiger partial charge in [-0.25, -0.2) is 15.0 Å². The van der Waals surface area contributed by atoms with E-state index < -0.39 is 6.10 Å². The van der Waals surface area contributed by atoms with E-state index in [4.69, 9.17) is 11.6 Å². The zero-order valence-corrected chi connectivity index (χ0v) is 16.0.